The van der Waals surface area contributed by atoms with Crippen LogP contribution in [0.15, 0.2) is 48.5 Å². The fourth-order valence-electron chi connectivity index (χ4n) is 2.33. The molecule has 106 valence electrons. The Kier molecular flexibility index (Phi) is 5.44. The number of benzene rings is 2. The molecule has 2 nitrogen and oxygen atoms in total. The molecule has 0 amide bonds. The lowest BCUT2D eigenvalue weighted by Gasteiger charge is -2.28. The van der Waals surface area contributed by atoms with Crippen LogP contribution in [0.5, 0.6) is 0 Å². The van der Waals surface area contributed by atoms with Gasteiger partial charge in [-0.1, -0.05) is 59.6 Å². The quantitative estimate of drug-likeness (QED) is 0.900. The minimum absolute atomic E-state index is 0.00333. The van der Waals surface area contributed by atoms with E-state index in [-0.39, 0.29) is 6.04 Å². The molecule has 0 radical (unpaired) electrons. The Labute approximate surface area is 130 Å². The number of nitrogens with two attached hydrogens (primary N) is 1. The third-order valence-corrected chi connectivity index (χ3v) is 4.02. The average molecular weight is 309 g/mol. The first-order valence-corrected chi connectivity index (χ1v) is 7.27. The smallest absolute Gasteiger partial charge is 0.0500 e. The maximum atomic E-state index is 6.28. The summed E-state index contributed by atoms with van der Waals surface area (Å²) in [6.07, 6.45) is 0. The van der Waals surface area contributed by atoms with E-state index in [1.165, 1.54) is 5.56 Å². The molecule has 0 aliphatic carbocycles. The molecule has 0 bridgehead atoms. The van der Waals surface area contributed by atoms with Gasteiger partial charge in [0.15, 0.2) is 0 Å². The first kappa shape index (κ1) is 15.3. The minimum atomic E-state index is -0.00333. The Balaban J connectivity index is 2.24. The molecular weight excluding hydrogens is 291 g/mol. The maximum Gasteiger partial charge on any atom is 0.0500 e. The van der Waals surface area contributed by atoms with Crippen LogP contribution in [0.3, 0.4) is 0 Å². The lowest BCUT2D eigenvalue weighted by molar-refractivity contribution is 0.242. The zero-order chi connectivity index (χ0) is 14.5. The summed E-state index contributed by atoms with van der Waals surface area (Å²) < 4.78 is 0. The summed E-state index contributed by atoms with van der Waals surface area (Å²) in [6.45, 7) is 1.26. The minimum Gasteiger partial charge on any atom is -0.329 e. The van der Waals surface area contributed by atoms with E-state index in [1.54, 1.807) is 0 Å². The molecule has 0 aliphatic heterocycles. The first-order chi connectivity index (χ1) is 9.63. The molecule has 0 aromatic heterocycles. The number of hydrogen-bond donors (Lipinski definition) is 1. The third kappa shape index (κ3) is 3.53. The molecule has 4 heteroatoms. The summed E-state index contributed by atoms with van der Waals surface area (Å²) in [4.78, 5) is 2.17. The normalized spacial score (nSPS) is 12.7. The van der Waals surface area contributed by atoms with Crippen LogP contribution in [0.25, 0.3) is 0 Å². The van der Waals surface area contributed by atoms with Crippen molar-refractivity contribution in [2.45, 2.75) is 12.6 Å². The van der Waals surface area contributed by atoms with E-state index >= 15 is 0 Å². The highest BCUT2D eigenvalue weighted by atomic mass is 35.5. The van der Waals surface area contributed by atoms with E-state index in [2.05, 4.69) is 17.0 Å². The SMILES string of the molecule is CN(Cc1ccccc1)C(CN)c1c(Cl)cccc1Cl. The van der Waals surface area contributed by atoms with Crippen LogP contribution in [-0.4, -0.2) is 18.5 Å². The number of rotatable bonds is 5. The fraction of sp³-hybridized carbons (Fsp3) is 0.250. The lowest BCUT2D eigenvalue weighted by atomic mass is 10.0. The summed E-state index contributed by atoms with van der Waals surface area (Å²) in [5, 5.41) is 1.32. The predicted molar refractivity (Wildman–Crippen MR) is 86.2 cm³/mol. The Hall–Kier alpha value is -1.06. The van der Waals surface area contributed by atoms with E-state index in [0.29, 0.717) is 16.6 Å². The topological polar surface area (TPSA) is 29.3 Å². The van der Waals surface area contributed by atoms with Crippen LogP contribution in [0.2, 0.25) is 10.0 Å². The van der Waals surface area contributed by atoms with Gasteiger partial charge in [0.1, 0.15) is 0 Å². The number of nitrogens with zero attached hydrogens (tertiary/aromatic N) is 1. The molecule has 20 heavy (non-hydrogen) atoms. The van der Waals surface area contributed by atoms with E-state index < -0.39 is 0 Å². The molecule has 2 aromatic rings. The average Bonchev–Trinajstić information content (AvgIpc) is 2.44. The number of halogens is 2. The standard InChI is InChI=1S/C16H18Cl2N2/c1-20(11-12-6-3-2-4-7-12)15(10-19)16-13(17)8-5-9-14(16)18/h2-9,15H,10-11,19H2,1H3. The monoisotopic (exact) mass is 308 g/mol. The Morgan fingerprint density at radius 1 is 1.00 bits per heavy atom. The third-order valence-electron chi connectivity index (χ3n) is 3.36. The van der Waals surface area contributed by atoms with Gasteiger partial charge < -0.3 is 5.73 Å². The second-order valence-corrected chi connectivity index (χ2v) is 5.60. The van der Waals surface area contributed by atoms with Gasteiger partial charge in [-0.05, 0) is 24.7 Å². The van der Waals surface area contributed by atoms with Crippen LogP contribution in [0.1, 0.15) is 17.2 Å². The van der Waals surface area contributed by atoms with Crippen LogP contribution >= 0.6 is 23.2 Å². The first-order valence-electron chi connectivity index (χ1n) is 6.51. The van der Waals surface area contributed by atoms with Crippen molar-refractivity contribution in [2.75, 3.05) is 13.6 Å². The van der Waals surface area contributed by atoms with Crippen molar-refractivity contribution in [1.82, 2.24) is 4.90 Å². The Morgan fingerprint density at radius 2 is 1.60 bits per heavy atom. The largest absolute Gasteiger partial charge is 0.329 e. The van der Waals surface area contributed by atoms with Crippen molar-refractivity contribution < 1.29 is 0 Å². The van der Waals surface area contributed by atoms with Crippen molar-refractivity contribution >= 4 is 23.2 Å². The summed E-state index contributed by atoms with van der Waals surface area (Å²) in [6, 6.07) is 15.8. The van der Waals surface area contributed by atoms with Gasteiger partial charge in [0.2, 0.25) is 0 Å². The van der Waals surface area contributed by atoms with Crippen molar-refractivity contribution in [1.29, 1.82) is 0 Å². The van der Waals surface area contributed by atoms with Crippen molar-refractivity contribution in [3.8, 4) is 0 Å². The predicted octanol–water partition coefficient (Wildman–Crippen LogP) is 4.13. The molecule has 1 atom stereocenters. The van der Waals surface area contributed by atoms with Gasteiger partial charge in [0, 0.05) is 28.7 Å². The molecule has 0 saturated heterocycles. The van der Waals surface area contributed by atoms with Gasteiger partial charge in [-0.3, -0.25) is 4.90 Å². The molecule has 0 spiro atoms. The Bertz CT molecular complexity index is 537. The molecule has 2 aromatic carbocycles. The summed E-state index contributed by atoms with van der Waals surface area (Å²) in [7, 11) is 2.03. The van der Waals surface area contributed by atoms with Crippen molar-refractivity contribution in [3.63, 3.8) is 0 Å². The fourth-order valence-corrected chi connectivity index (χ4v) is 2.98. The van der Waals surface area contributed by atoms with Gasteiger partial charge in [-0.2, -0.15) is 0 Å². The zero-order valence-electron chi connectivity index (χ0n) is 11.4. The van der Waals surface area contributed by atoms with E-state index in [0.717, 1.165) is 12.1 Å². The molecule has 0 aliphatic rings. The summed E-state index contributed by atoms with van der Waals surface area (Å²) in [5.74, 6) is 0. The molecule has 1 unspecified atom stereocenters. The molecular formula is C16H18Cl2N2. The molecule has 0 heterocycles. The molecule has 0 saturated carbocycles. The lowest BCUT2D eigenvalue weighted by Crippen LogP contribution is -2.30. The van der Waals surface area contributed by atoms with Crippen molar-refractivity contribution in [3.05, 3.63) is 69.7 Å². The Morgan fingerprint density at radius 3 is 2.15 bits per heavy atom. The zero-order valence-corrected chi connectivity index (χ0v) is 12.9. The van der Waals surface area contributed by atoms with E-state index in [1.807, 2.05) is 43.4 Å². The highest BCUT2D eigenvalue weighted by Gasteiger charge is 2.21. The van der Waals surface area contributed by atoms with Crippen LogP contribution < -0.4 is 5.73 Å². The van der Waals surface area contributed by atoms with Crippen molar-refractivity contribution in [2.24, 2.45) is 5.73 Å². The van der Waals surface area contributed by atoms with Crippen LogP contribution in [0.4, 0.5) is 0 Å². The van der Waals surface area contributed by atoms with Crippen LogP contribution in [0, 0.1) is 0 Å². The summed E-state index contributed by atoms with van der Waals surface area (Å²) >= 11 is 12.6. The maximum absolute atomic E-state index is 6.28. The molecule has 2 rings (SSSR count). The highest BCUT2D eigenvalue weighted by molar-refractivity contribution is 6.36. The van der Waals surface area contributed by atoms with E-state index in [4.69, 9.17) is 28.9 Å². The van der Waals surface area contributed by atoms with Crippen LogP contribution in [-0.2, 0) is 6.54 Å². The van der Waals surface area contributed by atoms with Gasteiger partial charge in [-0.15, -0.1) is 0 Å². The molecule has 0 fully saturated rings. The van der Waals surface area contributed by atoms with E-state index in [9.17, 15) is 0 Å². The van der Waals surface area contributed by atoms with Gasteiger partial charge in [0.05, 0.1) is 6.04 Å². The summed E-state index contributed by atoms with van der Waals surface area (Å²) in [5.41, 5.74) is 8.07. The number of hydrogen-bond acceptors (Lipinski definition) is 2. The second-order valence-electron chi connectivity index (χ2n) is 4.79. The second kappa shape index (κ2) is 7.09. The number of likely N-dealkylation sites (N-methyl/N-ethyl adjacent to an activating group) is 1. The van der Waals surface area contributed by atoms with Gasteiger partial charge >= 0.3 is 0 Å². The van der Waals surface area contributed by atoms with Gasteiger partial charge in [0.25, 0.3) is 0 Å². The molecule has 2 N–H and O–H groups in total. The highest BCUT2D eigenvalue weighted by Crippen LogP contribution is 2.33. The van der Waals surface area contributed by atoms with Gasteiger partial charge in [-0.25, -0.2) is 0 Å².